The van der Waals surface area contributed by atoms with Gasteiger partial charge in [0.25, 0.3) is 0 Å². The largest absolute Gasteiger partial charge is 0.507 e. The van der Waals surface area contributed by atoms with Crippen LogP contribution in [0.3, 0.4) is 0 Å². The minimum absolute atomic E-state index is 0.0177. The first-order chi connectivity index (χ1) is 9.47. The molecule has 1 rings (SSSR count). The van der Waals surface area contributed by atoms with Crippen LogP contribution >= 0.6 is 0 Å². The highest BCUT2D eigenvalue weighted by Crippen LogP contribution is 2.34. The van der Waals surface area contributed by atoms with Crippen molar-refractivity contribution in [1.29, 1.82) is 0 Å². The van der Waals surface area contributed by atoms with Crippen LogP contribution in [0.1, 0.15) is 18.5 Å². The summed E-state index contributed by atoms with van der Waals surface area (Å²) in [7, 11) is 3.33. The normalized spacial score (nSPS) is 12.4. The van der Waals surface area contributed by atoms with E-state index in [9.17, 15) is 15.0 Å². The Hall–Kier alpha value is -1.79. The van der Waals surface area contributed by atoms with E-state index >= 15 is 0 Å². The van der Waals surface area contributed by atoms with Crippen LogP contribution in [-0.2, 0) is 9.53 Å². The second kappa shape index (κ2) is 7.72. The van der Waals surface area contributed by atoms with E-state index in [-0.39, 0.29) is 30.0 Å². The standard InChI is InChI=1S/C14H22N2O4/c1-10(14-11(17)5-4-6-12(14)18)16(2)9-13(19)15-7-8-20-3/h4-6,10,17-18H,7-9H2,1-3H3,(H,15,19). The van der Waals surface area contributed by atoms with E-state index in [0.717, 1.165) is 0 Å². The Labute approximate surface area is 119 Å². The van der Waals surface area contributed by atoms with E-state index in [0.29, 0.717) is 18.7 Å². The van der Waals surface area contributed by atoms with Gasteiger partial charge in [-0.25, -0.2) is 0 Å². The van der Waals surface area contributed by atoms with Crippen molar-refractivity contribution in [2.75, 3.05) is 33.9 Å². The molecule has 3 N–H and O–H groups in total. The summed E-state index contributed by atoms with van der Waals surface area (Å²) in [4.78, 5) is 13.4. The Kier molecular flexibility index (Phi) is 6.27. The van der Waals surface area contributed by atoms with E-state index in [1.54, 1.807) is 25.1 Å². The zero-order chi connectivity index (χ0) is 15.1. The van der Waals surface area contributed by atoms with Crippen molar-refractivity contribution >= 4 is 5.91 Å². The first-order valence-electron chi connectivity index (χ1n) is 6.44. The second-order valence-corrected chi connectivity index (χ2v) is 4.64. The molecular formula is C14H22N2O4. The molecule has 20 heavy (non-hydrogen) atoms. The molecule has 0 aliphatic rings. The Morgan fingerprint density at radius 3 is 2.55 bits per heavy atom. The third-order valence-corrected chi connectivity index (χ3v) is 3.16. The molecule has 0 saturated carbocycles. The topological polar surface area (TPSA) is 82.0 Å². The number of hydrogen-bond acceptors (Lipinski definition) is 5. The lowest BCUT2D eigenvalue weighted by Crippen LogP contribution is -2.37. The number of hydrogen-bond donors (Lipinski definition) is 3. The Bertz CT molecular complexity index is 431. The summed E-state index contributed by atoms with van der Waals surface area (Å²) < 4.78 is 4.85. The number of benzene rings is 1. The van der Waals surface area contributed by atoms with Crippen LogP contribution in [0.25, 0.3) is 0 Å². The summed E-state index contributed by atoms with van der Waals surface area (Å²) in [6, 6.07) is 4.30. The molecule has 1 unspecified atom stereocenters. The summed E-state index contributed by atoms with van der Waals surface area (Å²) >= 11 is 0. The Balaban J connectivity index is 2.63. The summed E-state index contributed by atoms with van der Waals surface area (Å²) in [6.07, 6.45) is 0. The molecule has 112 valence electrons. The van der Waals surface area contributed by atoms with Gasteiger partial charge in [0.15, 0.2) is 0 Å². The van der Waals surface area contributed by atoms with E-state index < -0.39 is 0 Å². The lowest BCUT2D eigenvalue weighted by Gasteiger charge is -2.25. The maximum Gasteiger partial charge on any atom is 0.234 e. The van der Waals surface area contributed by atoms with Gasteiger partial charge in [-0.3, -0.25) is 9.69 Å². The number of rotatable bonds is 7. The number of nitrogens with one attached hydrogen (secondary N) is 1. The third kappa shape index (κ3) is 4.40. The summed E-state index contributed by atoms with van der Waals surface area (Å²) in [5, 5.41) is 22.3. The maximum atomic E-state index is 11.7. The van der Waals surface area contributed by atoms with Gasteiger partial charge in [-0.05, 0) is 26.1 Å². The first kappa shape index (κ1) is 16.3. The number of carbonyl (C=O) groups is 1. The van der Waals surface area contributed by atoms with Gasteiger partial charge in [-0.15, -0.1) is 0 Å². The third-order valence-electron chi connectivity index (χ3n) is 3.16. The summed E-state index contributed by atoms with van der Waals surface area (Å²) in [6.45, 7) is 2.90. The van der Waals surface area contributed by atoms with Gasteiger partial charge in [0.05, 0.1) is 18.7 Å². The average molecular weight is 282 g/mol. The average Bonchev–Trinajstić information content (AvgIpc) is 2.38. The smallest absolute Gasteiger partial charge is 0.234 e. The highest BCUT2D eigenvalue weighted by atomic mass is 16.5. The van der Waals surface area contributed by atoms with Gasteiger partial charge in [-0.1, -0.05) is 6.07 Å². The van der Waals surface area contributed by atoms with Crippen molar-refractivity contribution in [2.45, 2.75) is 13.0 Å². The van der Waals surface area contributed by atoms with Gasteiger partial charge in [0.1, 0.15) is 11.5 Å². The van der Waals surface area contributed by atoms with Crippen LogP contribution < -0.4 is 5.32 Å². The van der Waals surface area contributed by atoms with Gasteiger partial charge in [-0.2, -0.15) is 0 Å². The molecule has 0 heterocycles. The molecule has 6 heteroatoms. The highest BCUT2D eigenvalue weighted by Gasteiger charge is 2.20. The molecule has 0 bridgehead atoms. The fourth-order valence-electron chi connectivity index (χ4n) is 1.90. The lowest BCUT2D eigenvalue weighted by atomic mass is 10.0. The molecule has 1 aromatic carbocycles. The highest BCUT2D eigenvalue weighted by molar-refractivity contribution is 5.78. The Morgan fingerprint density at radius 1 is 1.40 bits per heavy atom. The molecule has 0 spiro atoms. The van der Waals surface area contributed by atoms with Crippen molar-refractivity contribution in [2.24, 2.45) is 0 Å². The zero-order valence-electron chi connectivity index (χ0n) is 12.1. The van der Waals surface area contributed by atoms with E-state index in [2.05, 4.69) is 5.32 Å². The van der Waals surface area contributed by atoms with Crippen molar-refractivity contribution in [1.82, 2.24) is 10.2 Å². The lowest BCUT2D eigenvalue weighted by molar-refractivity contribution is -0.122. The molecule has 0 radical (unpaired) electrons. The SMILES string of the molecule is COCCNC(=O)CN(C)C(C)c1c(O)cccc1O. The van der Waals surface area contributed by atoms with Crippen molar-refractivity contribution in [3.63, 3.8) is 0 Å². The quantitative estimate of drug-likeness (QED) is 0.646. The number of likely N-dealkylation sites (N-methyl/N-ethyl adjacent to an activating group) is 1. The molecule has 1 atom stereocenters. The number of ether oxygens (including phenoxy) is 1. The zero-order valence-corrected chi connectivity index (χ0v) is 12.1. The minimum atomic E-state index is -0.288. The molecule has 0 fully saturated rings. The number of phenols is 2. The van der Waals surface area contributed by atoms with E-state index in [1.807, 2.05) is 6.92 Å². The van der Waals surface area contributed by atoms with Gasteiger partial charge < -0.3 is 20.3 Å². The van der Waals surface area contributed by atoms with Crippen LogP contribution in [0.2, 0.25) is 0 Å². The van der Waals surface area contributed by atoms with E-state index in [1.165, 1.54) is 12.1 Å². The molecule has 0 aromatic heterocycles. The van der Waals surface area contributed by atoms with Crippen molar-refractivity contribution in [3.8, 4) is 11.5 Å². The molecule has 1 aromatic rings. The molecule has 0 aliphatic carbocycles. The predicted octanol–water partition coefficient (Wildman–Crippen LogP) is 0.853. The minimum Gasteiger partial charge on any atom is -0.507 e. The number of aromatic hydroxyl groups is 2. The molecule has 0 aliphatic heterocycles. The monoisotopic (exact) mass is 282 g/mol. The molecule has 1 amide bonds. The Morgan fingerprint density at radius 2 is 2.00 bits per heavy atom. The molecular weight excluding hydrogens is 260 g/mol. The van der Waals surface area contributed by atoms with Crippen LogP contribution in [0, 0.1) is 0 Å². The maximum absolute atomic E-state index is 11.7. The van der Waals surface area contributed by atoms with Crippen LogP contribution in [0.4, 0.5) is 0 Å². The fourth-order valence-corrected chi connectivity index (χ4v) is 1.90. The number of amides is 1. The van der Waals surface area contributed by atoms with E-state index in [4.69, 9.17) is 4.74 Å². The number of methoxy groups -OCH3 is 1. The number of carbonyl (C=O) groups excluding carboxylic acids is 1. The molecule has 0 saturated heterocycles. The van der Waals surface area contributed by atoms with Crippen LogP contribution in [0.15, 0.2) is 18.2 Å². The van der Waals surface area contributed by atoms with Crippen molar-refractivity contribution < 1.29 is 19.7 Å². The van der Waals surface area contributed by atoms with Crippen molar-refractivity contribution in [3.05, 3.63) is 23.8 Å². The molecule has 6 nitrogen and oxygen atoms in total. The van der Waals surface area contributed by atoms with Crippen LogP contribution in [-0.4, -0.2) is 54.9 Å². The first-order valence-corrected chi connectivity index (χ1v) is 6.44. The van der Waals surface area contributed by atoms with Crippen LogP contribution in [0.5, 0.6) is 11.5 Å². The van der Waals surface area contributed by atoms with Gasteiger partial charge >= 0.3 is 0 Å². The predicted molar refractivity (Wildman–Crippen MR) is 75.7 cm³/mol. The number of nitrogens with zero attached hydrogens (tertiary/aromatic N) is 1. The summed E-state index contributed by atoms with van der Waals surface area (Å²) in [5.74, 6) is -0.0976. The van der Waals surface area contributed by atoms with Gasteiger partial charge in [0.2, 0.25) is 5.91 Å². The second-order valence-electron chi connectivity index (χ2n) is 4.64. The summed E-state index contributed by atoms with van der Waals surface area (Å²) in [5.41, 5.74) is 0.416. The fraction of sp³-hybridized carbons (Fsp3) is 0.500. The van der Waals surface area contributed by atoms with Gasteiger partial charge in [0, 0.05) is 19.7 Å². The number of phenolic OH excluding ortho intramolecular Hbond substituents is 2.